The highest BCUT2D eigenvalue weighted by Gasteiger charge is 2.17. The van der Waals surface area contributed by atoms with Gasteiger partial charge in [0.2, 0.25) is 0 Å². The van der Waals surface area contributed by atoms with Gasteiger partial charge in [-0.3, -0.25) is 10.1 Å². The molecule has 0 aliphatic carbocycles. The maximum absolute atomic E-state index is 13.0. The van der Waals surface area contributed by atoms with Gasteiger partial charge in [0.1, 0.15) is 11.5 Å². The highest BCUT2D eigenvalue weighted by atomic mass is 35.5. The van der Waals surface area contributed by atoms with E-state index < -0.39 is 16.4 Å². The van der Waals surface area contributed by atoms with Crippen molar-refractivity contribution in [3.8, 4) is 0 Å². The molecule has 7 heteroatoms. The van der Waals surface area contributed by atoms with Gasteiger partial charge in [0.05, 0.1) is 22.6 Å². The van der Waals surface area contributed by atoms with E-state index in [1.54, 1.807) is 0 Å². The second kappa shape index (κ2) is 5.14. The molecule has 0 saturated carbocycles. The molecule has 0 radical (unpaired) electrons. The number of hydrogen-bond acceptors (Lipinski definition) is 3. The number of rotatable bonds is 4. The number of benzene rings is 1. The summed E-state index contributed by atoms with van der Waals surface area (Å²) in [6.07, 6.45) is 0. The predicted molar refractivity (Wildman–Crippen MR) is 61.5 cm³/mol. The molecular formula is C9H7Cl2FN2O2. The molecule has 0 aliphatic heterocycles. The van der Waals surface area contributed by atoms with Crippen LogP contribution < -0.4 is 5.32 Å². The summed E-state index contributed by atoms with van der Waals surface area (Å²) in [4.78, 5) is 9.92. The van der Waals surface area contributed by atoms with Crippen molar-refractivity contribution in [2.45, 2.75) is 0 Å². The SMILES string of the molecule is C=C(Cl)CNc1cc(Cl)c(F)cc1[N+](=O)[O-]. The van der Waals surface area contributed by atoms with E-state index in [2.05, 4.69) is 11.9 Å². The van der Waals surface area contributed by atoms with E-state index >= 15 is 0 Å². The topological polar surface area (TPSA) is 55.2 Å². The maximum Gasteiger partial charge on any atom is 0.295 e. The van der Waals surface area contributed by atoms with Crippen molar-refractivity contribution in [1.82, 2.24) is 0 Å². The molecule has 1 N–H and O–H groups in total. The third kappa shape index (κ3) is 3.08. The van der Waals surface area contributed by atoms with Gasteiger partial charge in [0.25, 0.3) is 5.69 Å². The fourth-order valence-corrected chi connectivity index (χ4v) is 1.25. The minimum Gasteiger partial charge on any atom is -0.374 e. The molecule has 1 aromatic rings. The van der Waals surface area contributed by atoms with Crippen LogP contribution in [0.4, 0.5) is 15.8 Å². The highest BCUT2D eigenvalue weighted by molar-refractivity contribution is 6.31. The predicted octanol–water partition coefficient (Wildman–Crippen LogP) is 3.55. The quantitative estimate of drug-likeness (QED) is 0.669. The van der Waals surface area contributed by atoms with Gasteiger partial charge in [0, 0.05) is 5.03 Å². The van der Waals surface area contributed by atoms with Crippen molar-refractivity contribution in [3.63, 3.8) is 0 Å². The molecule has 0 aromatic heterocycles. The number of hydrogen-bond donors (Lipinski definition) is 1. The molecule has 0 amide bonds. The summed E-state index contributed by atoms with van der Waals surface area (Å²) in [6, 6.07) is 1.89. The number of nitro groups is 1. The number of anilines is 1. The van der Waals surface area contributed by atoms with Gasteiger partial charge in [-0.1, -0.05) is 29.8 Å². The van der Waals surface area contributed by atoms with Crippen molar-refractivity contribution < 1.29 is 9.31 Å². The second-order valence-electron chi connectivity index (χ2n) is 2.91. The zero-order valence-electron chi connectivity index (χ0n) is 7.97. The molecule has 0 unspecified atom stereocenters. The lowest BCUT2D eigenvalue weighted by molar-refractivity contribution is -0.384. The van der Waals surface area contributed by atoms with E-state index in [-0.39, 0.29) is 22.3 Å². The molecular weight excluding hydrogens is 258 g/mol. The summed E-state index contributed by atoms with van der Waals surface area (Å²) in [6.45, 7) is 3.54. The van der Waals surface area contributed by atoms with Gasteiger partial charge in [-0.05, 0) is 6.07 Å². The molecule has 16 heavy (non-hydrogen) atoms. The molecule has 0 heterocycles. The summed E-state index contributed by atoms with van der Waals surface area (Å²) >= 11 is 11.0. The number of nitrogens with zero attached hydrogens (tertiary/aromatic N) is 1. The molecule has 0 saturated heterocycles. The van der Waals surface area contributed by atoms with Gasteiger partial charge in [-0.25, -0.2) is 4.39 Å². The van der Waals surface area contributed by atoms with E-state index in [0.29, 0.717) is 0 Å². The number of nitro benzene ring substituents is 1. The van der Waals surface area contributed by atoms with E-state index in [1.165, 1.54) is 0 Å². The van der Waals surface area contributed by atoms with E-state index in [1.807, 2.05) is 0 Å². The highest BCUT2D eigenvalue weighted by Crippen LogP contribution is 2.30. The first-order valence-corrected chi connectivity index (χ1v) is 4.88. The van der Waals surface area contributed by atoms with E-state index in [4.69, 9.17) is 23.2 Å². The van der Waals surface area contributed by atoms with Crippen LogP contribution in [0.15, 0.2) is 23.7 Å². The lowest BCUT2D eigenvalue weighted by atomic mass is 10.2. The molecule has 0 fully saturated rings. The van der Waals surface area contributed by atoms with Crippen molar-refractivity contribution >= 4 is 34.6 Å². The van der Waals surface area contributed by atoms with Crippen molar-refractivity contribution in [2.75, 3.05) is 11.9 Å². The first-order valence-electron chi connectivity index (χ1n) is 4.12. The average molecular weight is 265 g/mol. The molecule has 0 atom stereocenters. The Kier molecular flexibility index (Phi) is 4.09. The molecule has 1 aromatic carbocycles. The lowest BCUT2D eigenvalue weighted by Crippen LogP contribution is -2.04. The van der Waals surface area contributed by atoms with Crippen LogP contribution in [0.3, 0.4) is 0 Å². The van der Waals surface area contributed by atoms with Crippen molar-refractivity contribution in [2.24, 2.45) is 0 Å². The molecule has 0 bridgehead atoms. The van der Waals surface area contributed by atoms with Gasteiger partial charge in [0.15, 0.2) is 0 Å². The molecule has 1 rings (SSSR count). The first kappa shape index (κ1) is 12.7. The maximum atomic E-state index is 13.0. The van der Waals surface area contributed by atoms with Crippen LogP contribution in [0.5, 0.6) is 0 Å². The van der Waals surface area contributed by atoms with Crippen LogP contribution in [-0.4, -0.2) is 11.5 Å². The Morgan fingerprint density at radius 2 is 2.25 bits per heavy atom. The Morgan fingerprint density at radius 1 is 1.62 bits per heavy atom. The lowest BCUT2D eigenvalue weighted by Gasteiger charge is -2.06. The zero-order valence-corrected chi connectivity index (χ0v) is 9.48. The molecule has 86 valence electrons. The summed E-state index contributed by atoms with van der Waals surface area (Å²) in [5.41, 5.74) is -0.307. The molecule has 0 aliphatic rings. The van der Waals surface area contributed by atoms with Crippen LogP contribution in [-0.2, 0) is 0 Å². The Bertz CT molecular complexity index is 451. The third-order valence-corrected chi connectivity index (χ3v) is 2.13. The third-order valence-electron chi connectivity index (χ3n) is 1.71. The van der Waals surface area contributed by atoms with E-state index in [9.17, 15) is 14.5 Å². The minimum absolute atomic E-state index is 0.0956. The van der Waals surface area contributed by atoms with Crippen LogP contribution in [0, 0.1) is 15.9 Å². The van der Waals surface area contributed by atoms with Crippen LogP contribution in [0.2, 0.25) is 5.02 Å². The van der Waals surface area contributed by atoms with Crippen LogP contribution in [0.25, 0.3) is 0 Å². The summed E-state index contributed by atoms with van der Waals surface area (Å²) in [5.74, 6) is -0.844. The van der Waals surface area contributed by atoms with Crippen molar-refractivity contribution in [1.29, 1.82) is 0 Å². The number of nitrogens with one attached hydrogen (secondary N) is 1. The fraction of sp³-hybridized carbons (Fsp3) is 0.111. The monoisotopic (exact) mass is 264 g/mol. The summed E-state index contributed by atoms with van der Waals surface area (Å²) in [5, 5.41) is 13.3. The average Bonchev–Trinajstić information content (AvgIpc) is 2.18. The number of halogens is 3. The first-order chi connectivity index (χ1) is 7.41. The largest absolute Gasteiger partial charge is 0.374 e. The Labute approximate surface area is 101 Å². The van der Waals surface area contributed by atoms with Gasteiger partial charge in [-0.15, -0.1) is 0 Å². The standard InChI is InChI=1S/C9H7Cl2FN2O2/c1-5(10)4-13-8-2-6(11)7(12)3-9(8)14(15)16/h2-3,13H,1,4H2. The normalized spacial score (nSPS) is 9.94. The Morgan fingerprint density at radius 3 is 2.75 bits per heavy atom. The van der Waals surface area contributed by atoms with Gasteiger partial charge >= 0.3 is 0 Å². The minimum atomic E-state index is -0.844. The Balaban J connectivity index is 3.09. The molecule has 0 spiro atoms. The van der Waals surface area contributed by atoms with Gasteiger partial charge in [-0.2, -0.15) is 0 Å². The Hall–Kier alpha value is -1.33. The second-order valence-corrected chi connectivity index (χ2v) is 3.85. The van der Waals surface area contributed by atoms with Crippen LogP contribution in [0.1, 0.15) is 0 Å². The smallest absolute Gasteiger partial charge is 0.295 e. The van der Waals surface area contributed by atoms with Crippen molar-refractivity contribution in [3.05, 3.63) is 44.7 Å². The molecule has 4 nitrogen and oxygen atoms in total. The summed E-state index contributed by atoms with van der Waals surface area (Å²) in [7, 11) is 0. The summed E-state index contributed by atoms with van der Waals surface area (Å²) < 4.78 is 13.0. The fourth-order valence-electron chi connectivity index (χ4n) is 1.02. The zero-order chi connectivity index (χ0) is 12.3. The van der Waals surface area contributed by atoms with Crippen LogP contribution >= 0.6 is 23.2 Å². The van der Waals surface area contributed by atoms with E-state index in [0.717, 1.165) is 12.1 Å². The van der Waals surface area contributed by atoms with Gasteiger partial charge < -0.3 is 5.32 Å².